The summed E-state index contributed by atoms with van der Waals surface area (Å²) in [6.45, 7) is 6.31. The van der Waals surface area contributed by atoms with Crippen LogP contribution in [-0.2, 0) is 11.0 Å². The lowest BCUT2D eigenvalue weighted by Crippen LogP contribution is -2.50. The molecule has 1 atom stereocenters. The molecule has 2 aromatic rings. The Labute approximate surface area is 226 Å². The molecule has 0 aliphatic carbocycles. The van der Waals surface area contributed by atoms with Crippen molar-refractivity contribution in [2.75, 3.05) is 61.8 Å². The predicted octanol–water partition coefficient (Wildman–Crippen LogP) is 5.24. The minimum atomic E-state index is -4.61. The lowest BCUT2D eigenvalue weighted by molar-refractivity contribution is -0.137. The van der Waals surface area contributed by atoms with Crippen LogP contribution < -0.4 is 15.5 Å². The summed E-state index contributed by atoms with van der Waals surface area (Å²) in [5.41, 5.74) is 0.543. The minimum Gasteiger partial charge on any atom is -0.369 e. The molecule has 1 unspecified atom stereocenters. The number of carbonyl (C=O) groups excluding carboxylic acids is 1. The number of hydrogen-bond donors (Lipinski definition) is 2. The molecule has 2 saturated heterocycles. The maximum absolute atomic E-state index is 13.6. The van der Waals surface area contributed by atoms with Gasteiger partial charge in [0, 0.05) is 63.6 Å². The third-order valence-electron chi connectivity index (χ3n) is 7.19. The molecule has 1 aromatic carbocycles. The minimum absolute atomic E-state index is 0.00562. The number of carbonyl (C=O) groups is 1. The first-order valence-electron chi connectivity index (χ1n) is 13.1. The highest BCUT2D eigenvalue weighted by Gasteiger charge is 2.35. The Kier molecular flexibility index (Phi) is 9.19. The lowest BCUT2D eigenvalue weighted by atomic mass is 10.1. The van der Waals surface area contributed by atoms with Gasteiger partial charge >= 0.3 is 6.18 Å². The van der Waals surface area contributed by atoms with E-state index in [9.17, 15) is 18.0 Å². The van der Waals surface area contributed by atoms with Crippen LogP contribution in [0, 0.1) is 0 Å². The fourth-order valence-electron chi connectivity index (χ4n) is 4.74. The van der Waals surface area contributed by atoms with Gasteiger partial charge in [0.25, 0.3) is 0 Å². The summed E-state index contributed by atoms with van der Waals surface area (Å²) in [5, 5.41) is 6.17. The lowest BCUT2D eigenvalue weighted by Gasteiger charge is -2.39. The van der Waals surface area contributed by atoms with Crippen LogP contribution in [0.4, 0.5) is 36.3 Å². The zero-order chi connectivity index (χ0) is 27.3. The maximum atomic E-state index is 13.6. The quantitative estimate of drug-likeness (QED) is 0.433. The van der Waals surface area contributed by atoms with E-state index in [0.29, 0.717) is 42.7 Å². The normalized spacial score (nSPS) is 19.4. The van der Waals surface area contributed by atoms with Gasteiger partial charge in [-0.3, -0.25) is 4.79 Å². The Bertz CT molecular complexity index is 1120. The van der Waals surface area contributed by atoms with Crippen LogP contribution in [0.15, 0.2) is 24.4 Å². The second-order valence-corrected chi connectivity index (χ2v) is 10.4. The molecule has 1 aromatic heterocycles. The average Bonchev–Trinajstić information content (AvgIpc) is 3.08. The van der Waals surface area contributed by atoms with Gasteiger partial charge in [0.1, 0.15) is 11.4 Å². The van der Waals surface area contributed by atoms with Crippen molar-refractivity contribution in [3.63, 3.8) is 0 Å². The number of aromatic nitrogens is 2. The first-order valence-corrected chi connectivity index (χ1v) is 13.5. The van der Waals surface area contributed by atoms with E-state index in [-0.39, 0.29) is 24.2 Å². The Morgan fingerprint density at radius 2 is 1.97 bits per heavy atom. The van der Waals surface area contributed by atoms with Gasteiger partial charge in [-0.15, -0.1) is 0 Å². The fraction of sp³-hybridized carbons (Fsp3) is 0.577. The summed E-state index contributed by atoms with van der Waals surface area (Å²) in [4.78, 5) is 26.5. The highest BCUT2D eigenvalue weighted by Crippen LogP contribution is 2.35. The number of nitrogens with one attached hydrogen (secondary N) is 2. The number of hydrogen-bond acceptors (Lipinski definition) is 7. The number of benzene rings is 1. The zero-order valence-electron chi connectivity index (χ0n) is 21.8. The molecule has 12 heteroatoms. The molecule has 2 fully saturated rings. The highest BCUT2D eigenvalue weighted by atomic mass is 35.5. The molecule has 0 spiro atoms. The zero-order valence-corrected chi connectivity index (χ0v) is 22.6. The molecule has 0 bridgehead atoms. The highest BCUT2D eigenvalue weighted by molar-refractivity contribution is 6.33. The van der Waals surface area contributed by atoms with Gasteiger partial charge in [-0.05, 0) is 51.4 Å². The summed E-state index contributed by atoms with van der Waals surface area (Å²) < 4.78 is 40.9. The number of likely N-dealkylation sites (tertiary alicyclic amines) is 1. The van der Waals surface area contributed by atoms with Crippen LogP contribution in [0.25, 0.3) is 0 Å². The molecule has 2 N–H and O–H groups in total. The van der Waals surface area contributed by atoms with E-state index in [4.69, 9.17) is 11.6 Å². The van der Waals surface area contributed by atoms with Crippen molar-refractivity contribution in [2.45, 2.75) is 51.2 Å². The maximum Gasteiger partial charge on any atom is 0.421 e. The number of anilines is 4. The number of likely N-dealkylation sites (N-methyl/N-ethyl adjacent to an activating group) is 1. The molecular weight excluding hydrogens is 519 g/mol. The molecule has 4 rings (SSSR count). The van der Waals surface area contributed by atoms with Crippen LogP contribution in [0.2, 0.25) is 5.02 Å². The van der Waals surface area contributed by atoms with Crippen molar-refractivity contribution in [1.29, 1.82) is 0 Å². The summed E-state index contributed by atoms with van der Waals surface area (Å²) in [5.74, 6) is -0.195. The van der Waals surface area contributed by atoms with Crippen LogP contribution in [-0.4, -0.2) is 78.0 Å². The molecule has 208 valence electrons. The number of nitrogens with zero attached hydrogens (tertiary/aromatic N) is 5. The topological polar surface area (TPSA) is 76.6 Å². The molecule has 2 aliphatic heterocycles. The van der Waals surface area contributed by atoms with Crippen molar-refractivity contribution in [1.82, 2.24) is 19.8 Å². The van der Waals surface area contributed by atoms with Gasteiger partial charge in [-0.1, -0.05) is 18.0 Å². The standard InChI is InChI=1S/C26H35ClF3N7O/c1-18-17-37(14-13-35(18)2)19-8-9-22(21(27)15-19)33-25-32-16-20(26(28,29)30)24(34-25)31-10-6-12-36-11-5-3-4-7-23(36)38/h8-9,15-16,18H,3-7,10-14,17H2,1-2H3,(H2,31,32,33,34). The first kappa shape index (κ1) is 28.2. The van der Waals surface area contributed by atoms with E-state index in [0.717, 1.165) is 50.8 Å². The van der Waals surface area contributed by atoms with E-state index in [1.807, 2.05) is 12.1 Å². The number of alkyl halides is 3. The molecule has 8 nitrogen and oxygen atoms in total. The van der Waals surface area contributed by atoms with Gasteiger partial charge in [0.15, 0.2) is 0 Å². The fourth-order valence-corrected chi connectivity index (χ4v) is 4.96. The second kappa shape index (κ2) is 12.4. The van der Waals surface area contributed by atoms with Gasteiger partial charge in [-0.2, -0.15) is 18.2 Å². The number of halogens is 4. The van der Waals surface area contributed by atoms with Crippen molar-refractivity contribution < 1.29 is 18.0 Å². The molecule has 0 saturated carbocycles. The monoisotopic (exact) mass is 553 g/mol. The van der Waals surface area contributed by atoms with Crippen LogP contribution in [0.1, 0.15) is 44.6 Å². The largest absolute Gasteiger partial charge is 0.421 e. The smallest absolute Gasteiger partial charge is 0.369 e. The van der Waals surface area contributed by atoms with E-state index in [2.05, 4.69) is 44.4 Å². The summed E-state index contributed by atoms with van der Waals surface area (Å²) in [6, 6.07) is 5.97. The van der Waals surface area contributed by atoms with Crippen LogP contribution in [0.5, 0.6) is 0 Å². The summed E-state index contributed by atoms with van der Waals surface area (Å²) in [6.07, 6.45) is 0.0639. The number of piperazine rings is 1. The Hall–Kier alpha value is -2.79. The molecule has 38 heavy (non-hydrogen) atoms. The van der Waals surface area contributed by atoms with Crippen LogP contribution in [0.3, 0.4) is 0 Å². The predicted molar refractivity (Wildman–Crippen MR) is 144 cm³/mol. The van der Waals surface area contributed by atoms with Crippen molar-refractivity contribution in [2.24, 2.45) is 0 Å². The molecule has 0 radical (unpaired) electrons. The Morgan fingerprint density at radius 3 is 2.71 bits per heavy atom. The molecule has 2 aliphatic rings. The Morgan fingerprint density at radius 1 is 1.16 bits per heavy atom. The van der Waals surface area contributed by atoms with Crippen LogP contribution >= 0.6 is 11.6 Å². The van der Waals surface area contributed by atoms with E-state index in [1.165, 1.54) is 0 Å². The second-order valence-electron chi connectivity index (χ2n) is 9.99. The first-order chi connectivity index (χ1) is 18.1. The van der Waals surface area contributed by atoms with E-state index in [1.54, 1.807) is 11.0 Å². The third kappa shape index (κ3) is 7.19. The SMILES string of the molecule is CC1CN(c2ccc(Nc3ncc(C(F)(F)F)c(NCCCN4CCCCCC4=O)n3)c(Cl)c2)CCN1C. The number of rotatable bonds is 8. The van der Waals surface area contributed by atoms with Gasteiger partial charge in [-0.25, -0.2) is 4.98 Å². The summed E-state index contributed by atoms with van der Waals surface area (Å²) >= 11 is 6.52. The Balaban J connectivity index is 1.42. The summed E-state index contributed by atoms with van der Waals surface area (Å²) in [7, 11) is 2.10. The van der Waals surface area contributed by atoms with Gasteiger partial charge in [0.2, 0.25) is 11.9 Å². The van der Waals surface area contributed by atoms with Gasteiger partial charge < -0.3 is 25.3 Å². The van der Waals surface area contributed by atoms with E-state index >= 15 is 0 Å². The third-order valence-corrected chi connectivity index (χ3v) is 7.50. The van der Waals surface area contributed by atoms with Gasteiger partial charge in [0.05, 0.1) is 10.7 Å². The molecular formula is C26H35ClF3N7O. The number of amides is 1. The molecule has 1 amide bonds. The average molecular weight is 554 g/mol. The van der Waals surface area contributed by atoms with Crippen molar-refractivity contribution in [3.05, 3.63) is 35.0 Å². The van der Waals surface area contributed by atoms with E-state index < -0.39 is 11.7 Å². The van der Waals surface area contributed by atoms with Crippen molar-refractivity contribution in [3.8, 4) is 0 Å². The molecule has 3 heterocycles. The van der Waals surface area contributed by atoms with Crippen molar-refractivity contribution >= 4 is 40.6 Å².